The van der Waals surface area contributed by atoms with Gasteiger partial charge in [-0.1, -0.05) is 54.6 Å². The lowest BCUT2D eigenvalue weighted by Crippen LogP contribution is -3.00. The minimum Gasteiger partial charge on any atom is -1.00 e. The van der Waals surface area contributed by atoms with Crippen molar-refractivity contribution in [2.45, 2.75) is 39.3 Å². The van der Waals surface area contributed by atoms with Crippen LogP contribution < -0.4 is 82.2 Å². The molecule has 6 N–H and O–H groups in total. The third-order valence-corrected chi connectivity index (χ3v) is 8.64. The summed E-state index contributed by atoms with van der Waals surface area (Å²) >= 11 is 0. The second kappa shape index (κ2) is 10.8. The van der Waals surface area contributed by atoms with Crippen molar-refractivity contribution < 1.29 is 50.9 Å². The first kappa shape index (κ1) is 30.0. The van der Waals surface area contributed by atoms with Crippen LogP contribution in [0.1, 0.15) is 33.4 Å². The molecule has 3 heterocycles. The third-order valence-electron chi connectivity index (χ3n) is 8.64. The Kier molecular flexibility index (Phi) is 8.33. The number of hydrogen-bond acceptors (Lipinski definition) is 3. The molecule has 0 radical (unpaired) electrons. The fourth-order valence-electron chi connectivity index (χ4n) is 6.82. The van der Waals surface area contributed by atoms with E-state index in [-0.39, 0.29) is 50.9 Å². The molecule has 204 valence electrons. The third kappa shape index (κ3) is 4.73. The normalized spacial score (nSPS) is 25.9. The number of nitrogens with two attached hydrogens (primary N) is 3. The van der Waals surface area contributed by atoms with Crippen molar-refractivity contribution in [1.82, 2.24) is 13.8 Å². The van der Waals surface area contributed by atoms with Crippen molar-refractivity contribution in [2.75, 3.05) is 0 Å². The van der Waals surface area contributed by atoms with Gasteiger partial charge in [0, 0.05) is 69.8 Å². The van der Waals surface area contributed by atoms with Crippen molar-refractivity contribution in [2.24, 2.45) is 17.5 Å². The molecule has 0 unspecified atom stereocenters. The van der Waals surface area contributed by atoms with E-state index in [0.29, 0.717) is 13.8 Å². The standard InChI is InChI=1S/C30H33N6.3BrH/c31-34(22-10-4-1-5-11-22)16-25-26(17-34)28-19-36(33,24-14-8-3-9-15-24)21-30(28)29-20-35(32,18-27(25)29)23-12-6-2-7-13-23;;;/h1-15H,16-21,31-33H2;3*1H/q+3;;;/p-3. The maximum absolute atomic E-state index is 7.14. The Morgan fingerprint density at radius 3 is 0.692 bits per heavy atom. The van der Waals surface area contributed by atoms with Gasteiger partial charge in [-0.3, -0.25) is 0 Å². The lowest BCUT2D eigenvalue weighted by Gasteiger charge is -2.28. The zero-order valence-electron chi connectivity index (χ0n) is 21.6. The molecule has 3 aliphatic heterocycles. The van der Waals surface area contributed by atoms with Crippen molar-refractivity contribution in [3.8, 4) is 0 Å². The number of benzene rings is 4. The number of hydrogen-bond donors (Lipinski definition) is 3. The Bertz CT molecular complexity index is 1240. The summed E-state index contributed by atoms with van der Waals surface area (Å²) in [6.07, 6.45) is 0. The summed E-state index contributed by atoms with van der Waals surface area (Å²) in [6.45, 7) is 4.66. The maximum Gasteiger partial charge on any atom is 0.152 e. The highest BCUT2D eigenvalue weighted by Gasteiger charge is 2.51. The molecular weight excluding hydrogens is 684 g/mol. The Hall–Kier alpha value is -1.92. The predicted octanol–water partition coefficient (Wildman–Crippen LogP) is -4.62. The lowest BCUT2D eigenvalue weighted by molar-refractivity contribution is -0.00100. The predicted molar refractivity (Wildman–Crippen MR) is 146 cm³/mol. The molecule has 4 aromatic carbocycles. The van der Waals surface area contributed by atoms with Gasteiger partial charge in [-0.15, -0.1) is 0 Å². The van der Waals surface area contributed by atoms with Gasteiger partial charge in [-0.25, -0.2) is 13.8 Å². The molecule has 39 heavy (non-hydrogen) atoms. The molecule has 0 fully saturated rings. The van der Waals surface area contributed by atoms with Crippen LogP contribution in [0.2, 0.25) is 0 Å². The van der Waals surface area contributed by atoms with Crippen LogP contribution in [0, 0.1) is 0 Å². The van der Waals surface area contributed by atoms with Crippen LogP contribution in [0.5, 0.6) is 0 Å². The van der Waals surface area contributed by atoms with Crippen LogP contribution in [-0.4, -0.2) is 0 Å². The Morgan fingerprint density at radius 2 is 0.513 bits per heavy atom. The van der Waals surface area contributed by atoms with Crippen LogP contribution >= 0.6 is 0 Å². The zero-order chi connectivity index (χ0) is 24.5. The highest BCUT2D eigenvalue weighted by molar-refractivity contribution is 5.63. The van der Waals surface area contributed by atoms with Gasteiger partial charge in [0.2, 0.25) is 0 Å². The van der Waals surface area contributed by atoms with Crippen molar-refractivity contribution in [3.05, 3.63) is 124 Å². The average Bonchev–Trinajstić information content (AvgIpc) is 3.58. The summed E-state index contributed by atoms with van der Waals surface area (Å²) in [7, 11) is 0. The number of fused-ring (bicyclic) bond motifs is 6. The summed E-state index contributed by atoms with van der Waals surface area (Å²) < 4.78 is 1.18. The number of para-hydroxylation sites is 3. The molecule has 3 aliphatic rings. The van der Waals surface area contributed by atoms with Crippen molar-refractivity contribution in [3.63, 3.8) is 0 Å². The van der Waals surface area contributed by atoms with Gasteiger partial charge in [0.15, 0.2) is 17.1 Å². The Labute approximate surface area is 261 Å². The van der Waals surface area contributed by atoms with E-state index in [1.54, 1.807) is 0 Å². The Balaban J connectivity index is 0.00000118. The summed E-state index contributed by atoms with van der Waals surface area (Å²) in [5, 5.41) is 0. The van der Waals surface area contributed by atoms with E-state index in [1.807, 2.05) is 0 Å². The van der Waals surface area contributed by atoms with Gasteiger partial charge in [0.25, 0.3) is 0 Å². The SMILES string of the molecule is N[N+]1(c2ccccc2)Cc2c3c(c4c(c2C1)C[N+](N)(c1ccccc1)C4)C[N+](N)(c1ccccc1)C3.[Br-].[Br-].[Br-]. The summed E-state index contributed by atoms with van der Waals surface area (Å²) in [4.78, 5) is 0. The maximum atomic E-state index is 7.14. The van der Waals surface area contributed by atoms with E-state index in [1.165, 1.54) is 33.4 Å². The monoisotopic (exact) mass is 714 g/mol. The van der Waals surface area contributed by atoms with Crippen LogP contribution in [0.4, 0.5) is 17.1 Å². The molecule has 0 aromatic heterocycles. The van der Waals surface area contributed by atoms with E-state index in [0.717, 1.165) is 56.3 Å². The lowest BCUT2D eigenvalue weighted by atomic mass is 9.90. The molecule has 4 aromatic rings. The summed E-state index contributed by atoms with van der Waals surface area (Å²) in [6, 6.07) is 31.5. The summed E-state index contributed by atoms with van der Waals surface area (Å²) in [5.41, 5.74) is 11.7. The highest BCUT2D eigenvalue weighted by atomic mass is 79.9. The van der Waals surface area contributed by atoms with E-state index in [4.69, 9.17) is 17.5 Å². The average molecular weight is 717 g/mol. The quantitative estimate of drug-likeness (QED) is 0.148. The topological polar surface area (TPSA) is 78.1 Å². The fraction of sp³-hybridized carbons (Fsp3) is 0.200. The molecule has 7 rings (SSSR count). The first-order valence-electron chi connectivity index (χ1n) is 12.7. The highest BCUT2D eigenvalue weighted by Crippen LogP contribution is 2.48. The van der Waals surface area contributed by atoms with Crippen LogP contribution in [0.15, 0.2) is 91.0 Å². The Morgan fingerprint density at radius 1 is 0.333 bits per heavy atom. The van der Waals surface area contributed by atoms with Crippen molar-refractivity contribution in [1.29, 1.82) is 0 Å². The van der Waals surface area contributed by atoms with Gasteiger partial charge >= 0.3 is 0 Å². The minimum atomic E-state index is 0. The molecular formula is C30H33Br3N6. The molecule has 0 aliphatic carbocycles. The largest absolute Gasteiger partial charge is 1.00 e. The van der Waals surface area contributed by atoms with Crippen LogP contribution in [-0.2, 0) is 39.3 Å². The molecule has 6 nitrogen and oxygen atoms in total. The fourth-order valence-corrected chi connectivity index (χ4v) is 6.82. The smallest absolute Gasteiger partial charge is 0.152 e. The molecule has 0 bridgehead atoms. The van der Waals surface area contributed by atoms with Gasteiger partial charge in [0.05, 0.1) is 0 Å². The molecule has 0 atom stereocenters. The van der Waals surface area contributed by atoms with E-state index < -0.39 is 0 Å². The molecule has 0 saturated heterocycles. The summed E-state index contributed by atoms with van der Waals surface area (Å²) in [5.74, 6) is 21.4. The number of rotatable bonds is 3. The van der Waals surface area contributed by atoms with Gasteiger partial charge in [0.1, 0.15) is 39.3 Å². The molecule has 9 heteroatoms. The van der Waals surface area contributed by atoms with Crippen molar-refractivity contribution >= 4 is 17.1 Å². The first-order chi connectivity index (χ1) is 17.4. The second-order valence-corrected chi connectivity index (χ2v) is 10.9. The molecule has 0 saturated carbocycles. The minimum absolute atomic E-state index is 0. The number of halogens is 3. The second-order valence-electron chi connectivity index (χ2n) is 10.9. The van der Waals surface area contributed by atoms with E-state index in [2.05, 4.69) is 91.0 Å². The van der Waals surface area contributed by atoms with E-state index >= 15 is 0 Å². The molecule has 0 amide bonds. The van der Waals surface area contributed by atoms with E-state index in [9.17, 15) is 0 Å². The van der Waals surface area contributed by atoms with Crippen LogP contribution in [0.25, 0.3) is 0 Å². The number of quaternary nitrogens is 3. The number of nitrogens with zero attached hydrogens (tertiary/aromatic N) is 3. The van der Waals surface area contributed by atoms with Gasteiger partial charge in [-0.05, 0) is 0 Å². The molecule has 0 spiro atoms. The zero-order valence-corrected chi connectivity index (χ0v) is 26.4. The van der Waals surface area contributed by atoms with Gasteiger partial charge in [-0.2, -0.15) is 17.5 Å². The first-order valence-corrected chi connectivity index (χ1v) is 12.7. The van der Waals surface area contributed by atoms with Crippen LogP contribution in [0.3, 0.4) is 0 Å². The van der Waals surface area contributed by atoms with Gasteiger partial charge < -0.3 is 50.9 Å².